The molecule has 2 heteroatoms. The number of ketones is 1. The highest BCUT2D eigenvalue weighted by atomic mass is 16.5. The van der Waals surface area contributed by atoms with Crippen LogP contribution in [0, 0.1) is 6.92 Å². The summed E-state index contributed by atoms with van der Waals surface area (Å²) in [5.74, 6) is 0.931. The van der Waals surface area contributed by atoms with Crippen molar-refractivity contribution in [1.29, 1.82) is 0 Å². The summed E-state index contributed by atoms with van der Waals surface area (Å²) in [4.78, 5) is 12.6. The molecule has 2 aromatic rings. The number of Topliss-reactive ketones (excluding diaryl/α,β-unsaturated/α-hetero) is 1. The average molecular weight is 306 g/mol. The van der Waals surface area contributed by atoms with Crippen molar-refractivity contribution in [2.75, 3.05) is 0 Å². The molecule has 0 saturated heterocycles. The maximum atomic E-state index is 12.6. The van der Waals surface area contributed by atoms with Gasteiger partial charge in [-0.1, -0.05) is 48.0 Å². The highest BCUT2D eigenvalue weighted by Gasteiger charge is 2.29. The Labute approximate surface area is 137 Å². The Morgan fingerprint density at radius 2 is 1.96 bits per heavy atom. The fourth-order valence-corrected chi connectivity index (χ4v) is 2.98. The van der Waals surface area contributed by atoms with Gasteiger partial charge < -0.3 is 4.74 Å². The molecule has 23 heavy (non-hydrogen) atoms. The summed E-state index contributed by atoms with van der Waals surface area (Å²) in [5, 5.41) is 0. The molecule has 0 radical (unpaired) electrons. The topological polar surface area (TPSA) is 26.3 Å². The molecule has 0 fully saturated rings. The van der Waals surface area contributed by atoms with Crippen LogP contribution in [-0.2, 0) is 6.42 Å². The first kappa shape index (κ1) is 15.5. The van der Waals surface area contributed by atoms with Gasteiger partial charge in [0.25, 0.3) is 0 Å². The van der Waals surface area contributed by atoms with Gasteiger partial charge >= 0.3 is 0 Å². The molecule has 3 rings (SSSR count). The molecule has 2 aromatic carbocycles. The van der Waals surface area contributed by atoms with Gasteiger partial charge in [-0.15, -0.1) is 0 Å². The molecule has 0 spiro atoms. The van der Waals surface area contributed by atoms with Crippen LogP contribution < -0.4 is 4.74 Å². The van der Waals surface area contributed by atoms with E-state index in [-0.39, 0.29) is 11.9 Å². The number of allylic oxidation sites excluding steroid dienone is 2. The molecule has 2 nitrogen and oxygen atoms in total. The molecule has 0 saturated carbocycles. The summed E-state index contributed by atoms with van der Waals surface area (Å²) in [6.45, 7) is 6.20. The Morgan fingerprint density at radius 1 is 1.22 bits per heavy atom. The van der Waals surface area contributed by atoms with Gasteiger partial charge in [-0.05, 0) is 49.9 Å². The summed E-state index contributed by atoms with van der Waals surface area (Å²) in [6.07, 6.45) is 3.18. The van der Waals surface area contributed by atoms with Gasteiger partial charge in [0.2, 0.25) is 0 Å². The van der Waals surface area contributed by atoms with Crippen LogP contribution in [-0.4, -0.2) is 5.78 Å². The summed E-state index contributed by atoms with van der Waals surface area (Å²) in [7, 11) is 0. The Balaban J connectivity index is 2.01. The first-order valence-corrected chi connectivity index (χ1v) is 8.06. The standard InChI is InChI=1S/C21H22O2/c1-14(2)9-10-17-11-15(3)12-18-19(22)13-20(23-21(17)18)16-7-5-4-6-8-16/h4-9,11-12,20H,10,13H2,1-3H3/t20-/m0/s1. The third-order valence-electron chi connectivity index (χ3n) is 4.14. The molecular weight excluding hydrogens is 284 g/mol. The first-order chi connectivity index (χ1) is 11.0. The van der Waals surface area contributed by atoms with Crippen molar-refractivity contribution in [1.82, 2.24) is 0 Å². The monoisotopic (exact) mass is 306 g/mol. The molecule has 0 aromatic heterocycles. The highest BCUT2D eigenvalue weighted by Crippen LogP contribution is 2.38. The number of fused-ring (bicyclic) bond motifs is 1. The van der Waals surface area contributed by atoms with Gasteiger partial charge in [0.1, 0.15) is 11.9 Å². The van der Waals surface area contributed by atoms with Crippen molar-refractivity contribution < 1.29 is 9.53 Å². The fourth-order valence-electron chi connectivity index (χ4n) is 2.98. The lowest BCUT2D eigenvalue weighted by Crippen LogP contribution is -2.21. The Morgan fingerprint density at radius 3 is 2.65 bits per heavy atom. The molecule has 0 bridgehead atoms. The Bertz CT molecular complexity index is 753. The quantitative estimate of drug-likeness (QED) is 0.728. The number of hydrogen-bond donors (Lipinski definition) is 0. The minimum absolute atomic E-state index is 0.169. The van der Waals surface area contributed by atoms with E-state index in [0.29, 0.717) is 6.42 Å². The molecule has 1 aliphatic rings. The second-order valence-corrected chi connectivity index (χ2v) is 6.43. The van der Waals surface area contributed by atoms with Crippen LogP contribution in [0.5, 0.6) is 5.75 Å². The van der Waals surface area contributed by atoms with Crippen molar-refractivity contribution in [3.63, 3.8) is 0 Å². The molecule has 0 N–H and O–H groups in total. The number of aryl methyl sites for hydroxylation is 1. The van der Waals surface area contributed by atoms with Gasteiger partial charge in [-0.2, -0.15) is 0 Å². The zero-order valence-corrected chi connectivity index (χ0v) is 13.9. The second-order valence-electron chi connectivity index (χ2n) is 6.43. The van der Waals surface area contributed by atoms with E-state index in [1.165, 1.54) is 5.57 Å². The van der Waals surface area contributed by atoms with Gasteiger partial charge in [0, 0.05) is 0 Å². The normalized spacial score (nSPS) is 16.5. The van der Waals surface area contributed by atoms with Crippen molar-refractivity contribution in [2.24, 2.45) is 0 Å². The fraction of sp³-hybridized carbons (Fsp3) is 0.286. The molecule has 1 heterocycles. The molecule has 118 valence electrons. The van der Waals surface area contributed by atoms with Crippen molar-refractivity contribution in [2.45, 2.75) is 39.7 Å². The Kier molecular flexibility index (Phi) is 4.33. The number of carbonyl (C=O) groups excluding carboxylic acids is 1. The molecule has 0 unspecified atom stereocenters. The summed E-state index contributed by atoms with van der Waals surface area (Å²) in [5.41, 5.74) is 5.25. The maximum absolute atomic E-state index is 12.6. The van der Waals surface area contributed by atoms with Crippen LogP contribution in [0.25, 0.3) is 0 Å². The van der Waals surface area contributed by atoms with Gasteiger partial charge in [-0.3, -0.25) is 4.79 Å². The zero-order valence-electron chi connectivity index (χ0n) is 13.9. The lowest BCUT2D eigenvalue weighted by Gasteiger charge is -2.27. The van der Waals surface area contributed by atoms with Gasteiger partial charge in [0.05, 0.1) is 12.0 Å². The third kappa shape index (κ3) is 3.37. The van der Waals surface area contributed by atoms with Crippen LogP contribution in [0.2, 0.25) is 0 Å². The second kappa shape index (κ2) is 6.41. The van der Waals surface area contributed by atoms with E-state index in [0.717, 1.165) is 34.4 Å². The highest BCUT2D eigenvalue weighted by molar-refractivity contribution is 6.00. The van der Waals surface area contributed by atoms with E-state index in [9.17, 15) is 4.79 Å². The van der Waals surface area contributed by atoms with Crippen molar-refractivity contribution in [3.05, 3.63) is 76.4 Å². The Hall–Kier alpha value is -2.35. The number of benzene rings is 2. The van der Waals surface area contributed by atoms with Crippen molar-refractivity contribution >= 4 is 5.78 Å². The zero-order chi connectivity index (χ0) is 16.4. The lowest BCUT2D eigenvalue weighted by atomic mass is 9.92. The van der Waals surface area contributed by atoms with E-state index in [1.807, 2.05) is 43.3 Å². The van der Waals surface area contributed by atoms with E-state index >= 15 is 0 Å². The van der Waals surface area contributed by atoms with Crippen LogP contribution in [0.3, 0.4) is 0 Å². The third-order valence-corrected chi connectivity index (χ3v) is 4.14. The average Bonchev–Trinajstić information content (AvgIpc) is 2.54. The van der Waals surface area contributed by atoms with E-state index < -0.39 is 0 Å². The molecule has 0 aliphatic carbocycles. The summed E-state index contributed by atoms with van der Waals surface area (Å²) < 4.78 is 6.26. The van der Waals surface area contributed by atoms with E-state index in [1.54, 1.807) is 0 Å². The maximum Gasteiger partial charge on any atom is 0.170 e. The van der Waals surface area contributed by atoms with Crippen LogP contribution >= 0.6 is 0 Å². The lowest BCUT2D eigenvalue weighted by molar-refractivity contribution is 0.0848. The van der Waals surface area contributed by atoms with E-state index in [4.69, 9.17) is 4.74 Å². The van der Waals surface area contributed by atoms with Gasteiger partial charge in [0.15, 0.2) is 5.78 Å². The summed E-state index contributed by atoms with van der Waals surface area (Å²) >= 11 is 0. The number of carbonyl (C=O) groups is 1. The van der Waals surface area contributed by atoms with E-state index in [2.05, 4.69) is 26.0 Å². The van der Waals surface area contributed by atoms with Crippen LogP contribution in [0.1, 0.15) is 53.4 Å². The summed E-state index contributed by atoms with van der Waals surface area (Å²) in [6, 6.07) is 14.1. The SMILES string of the molecule is CC(C)=CCc1cc(C)cc2c1O[C@H](c1ccccc1)CC2=O. The molecule has 0 amide bonds. The first-order valence-electron chi connectivity index (χ1n) is 8.06. The minimum atomic E-state index is -0.190. The van der Waals surface area contributed by atoms with Crippen LogP contribution in [0.4, 0.5) is 0 Å². The van der Waals surface area contributed by atoms with Crippen molar-refractivity contribution in [3.8, 4) is 5.75 Å². The predicted molar refractivity (Wildman–Crippen MR) is 93.1 cm³/mol. The number of rotatable bonds is 3. The van der Waals surface area contributed by atoms with Gasteiger partial charge in [-0.25, -0.2) is 0 Å². The molecular formula is C21H22O2. The number of hydrogen-bond acceptors (Lipinski definition) is 2. The minimum Gasteiger partial charge on any atom is -0.484 e. The molecule has 1 atom stereocenters. The largest absolute Gasteiger partial charge is 0.484 e. The predicted octanol–water partition coefficient (Wildman–Crippen LogP) is 5.21. The molecule has 1 aliphatic heterocycles. The number of ether oxygens (including phenoxy) is 1. The van der Waals surface area contributed by atoms with Crippen LogP contribution in [0.15, 0.2) is 54.1 Å². The smallest absolute Gasteiger partial charge is 0.170 e.